The largest absolute Gasteiger partial charge is 0.365 e. The van der Waals surface area contributed by atoms with E-state index in [-0.39, 0.29) is 5.78 Å². The van der Waals surface area contributed by atoms with Crippen molar-refractivity contribution < 1.29 is 4.79 Å². The summed E-state index contributed by atoms with van der Waals surface area (Å²) < 4.78 is 0. The third kappa shape index (κ3) is 2.57. The van der Waals surface area contributed by atoms with Gasteiger partial charge in [-0.3, -0.25) is 4.79 Å². The second kappa shape index (κ2) is 5.81. The molecule has 1 aliphatic rings. The Morgan fingerprint density at radius 2 is 2.09 bits per heavy atom. The van der Waals surface area contributed by atoms with E-state index in [1.807, 2.05) is 30.3 Å². The summed E-state index contributed by atoms with van der Waals surface area (Å²) in [5.41, 5.74) is 1.93. The number of aromatic amines is 1. The molecule has 4 rings (SSSR count). The maximum Gasteiger partial charge on any atom is 0.195 e. The van der Waals surface area contributed by atoms with Crippen molar-refractivity contribution in [3.8, 4) is 0 Å². The van der Waals surface area contributed by atoms with E-state index in [1.54, 1.807) is 6.20 Å². The van der Waals surface area contributed by atoms with E-state index in [0.717, 1.165) is 24.9 Å². The van der Waals surface area contributed by atoms with E-state index in [9.17, 15) is 4.79 Å². The highest BCUT2D eigenvalue weighted by atomic mass is 16.1. The van der Waals surface area contributed by atoms with E-state index < -0.39 is 0 Å². The molecule has 1 aliphatic heterocycles. The number of nitrogens with one attached hydrogen (secondary N) is 3. The van der Waals surface area contributed by atoms with Crippen LogP contribution in [-0.2, 0) is 0 Å². The third-order valence-corrected chi connectivity index (χ3v) is 4.15. The van der Waals surface area contributed by atoms with Crippen LogP contribution in [0.5, 0.6) is 0 Å². The predicted octanol–water partition coefficient (Wildman–Crippen LogP) is 1.96. The number of rotatable bonds is 4. The van der Waals surface area contributed by atoms with Gasteiger partial charge in [-0.05, 0) is 13.0 Å². The van der Waals surface area contributed by atoms with Crippen LogP contribution in [0, 0.1) is 0 Å². The van der Waals surface area contributed by atoms with Crippen molar-refractivity contribution >= 4 is 22.6 Å². The Kier molecular flexibility index (Phi) is 3.51. The smallest absolute Gasteiger partial charge is 0.195 e. The minimum Gasteiger partial charge on any atom is -0.365 e. The Balaban J connectivity index is 1.76. The Bertz CT molecular complexity index is 837. The number of benzene rings is 1. The molecule has 0 amide bonds. The van der Waals surface area contributed by atoms with Crippen molar-refractivity contribution in [3.05, 3.63) is 54.0 Å². The molecule has 1 aromatic carbocycles. The van der Waals surface area contributed by atoms with Crippen LogP contribution in [-0.4, -0.2) is 39.9 Å². The summed E-state index contributed by atoms with van der Waals surface area (Å²) in [5.74, 6) is 0.684. The second-order valence-electron chi connectivity index (χ2n) is 5.68. The van der Waals surface area contributed by atoms with Gasteiger partial charge >= 0.3 is 0 Å². The molecule has 0 aliphatic carbocycles. The van der Waals surface area contributed by atoms with Gasteiger partial charge in [-0.15, -0.1) is 0 Å². The molecule has 116 valence electrons. The number of ketones is 1. The highest BCUT2D eigenvalue weighted by Crippen LogP contribution is 2.26. The second-order valence-corrected chi connectivity index (χ2v) is 5.68. The van der Waals surface area contributed by atoms with Gasteiger partial charge in [0.25, 0.3) is 0 Å². The SMILES string of the molecule is O=C(c1ccccc1)c1c[nH]c2ncnc(NC3CCNC3)c12. The summed E-state index contributed by atoms with van der Waals surface area (Å²) in [6.45, 7) is 1.90. The average molecular weight is 307 g/mol. The molecule has 3 heterocycles. The minimum absolute atomic E-state index is 0.0285. The number of H-pyrrole nitrogens is 1. The van der Waals surface area contributed by atoms with Crippen molar-refractivity contribution in [1.82, 2.24) is 20.3 Å². The number of anilines is 1. The monoisotopic (exact) mass is 307 g/mol. The lowest BCUT2D eigenvalue weighted by Crippen LogP contribution is -2.23. The average Bonchev–Trinajstić information content (AvgIpc) is 3.25. The molecule has 3 aromatic rings. The van der Waals surface area contributed by atoms with Crippen LogP contribution in [0.1, 0.15) is 22.3 Å². The molecule has 0 bridgehead atoms. The van der Waals surface area contributed by atoms with Gasteiger partial charge < -0.3 is 15.6 Å². The Hall–Kier alpha value is -2.73. The normalized spacial score (nSPS) is 17.5. The van der Waals surface area contributed by atoms with E-state index >= 15 is 0 Å². The van der Waals surface area contributed by atoms with Gasteiger partial charge in [-0.2, -0.15) is 0 Å². The fourth-order valence-corrected chi connectivity index (χ4v) is 2.97. The number of aromatic nitrogens is 3. The maximum atomic E-state index is 12.8. The van der Waals surface area contributed by atoms with Crippen molar-refractivity contribution in [1.29, 1.82) is 0 Å². The van der Waals surface area contributed by atoms with Crippen LogP contribution in [0.2, 0.25) is 0 Å². The first kappa shape index (κ1) is 13.9. The molecule has 0 spiro atoms. The maximum absolute atomic E-state index is 12.8. The molecule has 0 radical (unpaired) electrons. The molecule has 1 atom stereocenters. The number of hydrogen-bond acceptors (Lipinski definition) is 5. The zero-order chi connectivity index (χ0) is 15.6. The van der Waals surface area contributed by atoms with Gasteiger partial charge in [0.15, 0.2) is 5.78 Å². The lowest BCUT2D eigenvalue weighted by Gasteiger charge is -2.13. The fraction of sp³-hybridized carbons (Fsp3) is 0.235. The van der Waals surface area contributed by atoms with E-state index in [4.69, 9.17) is 0 Å². The van der Waals surface area contributed by atoms with Gasteiger partial charge in [0.2, 0.25) is 0 Å². The van der Waals surface area contributed by atoms with Crippen LogP contribution in [0.4, 0.5) is 5.82 Å². The summed E-state index contributed by atoms with van der Waals surface area (Å²) in [4.78, 5) is 24.5. The summed E-state index contributed by atoms with van der Waals surface area (Å²) in [6, 6.07) is 9.58. The van der Waals surface area contributed by atoms with Crippen LogP contribution in [0.15, 0.2) is 42.9 Å². The first-order chi connectivity index (χ1) is 11.3. The molecule has 6 heteroatoms. The third-order valence-electron chi connectivity index (χ3n) is 4.15. The molecule has 2 aromatic heterocycles. The highest BCUT2D eigenvalue weighted by molar-refractivity contribution is 6.17. The summed E-state index contributed by atoms with van der Waals surface area (Å²) in [7, 11) is 0. The first-order valence-electron chi connectivity index (χ1n) is 7.72. The van der Waals surface area contributed by atoms with Crippen molar-refractivity contribution in [2.24, 2.45) is 0 Å². The number of nitrogens with zero attached hydrogens (tertiary/aromatic N) is 2. The topological polar surface area (TPSA) is 82.7 Å². The quantitative estimate of drug-likeness (QED) is 0.642. The van der Waals surface area contributed by atoms with Gasteiger partial charge in [-0.1, -0.05) is 30.3 Å². The zero-order valence-corrected chi connectivity index (χ0v) is 12.5. The lowest BCUT2D eigenvalue weighted by molar-refractivity contribution is 0.104. The van der Waals surface area contributed by atoms with Crippen LogP contribution < -0.4 is 10.6 Å². The van der Waals surface area contributed by atoms with Crippen LogP contribution in [0.3, 0.4) is 0 Å². The minimum atomic E-state index is -0.0285. The standard InChI is InChI=1S/C17H17N5O/c23-15(11-4-2-1-3-5-11)13-9-19-16-14(13)17(21-10-20-16)22-12-6-7-18-8-12/h1-5,9-10,12,18H,6-8H2,(H2,19,20,21,22). The molecule has 3 N–H and O–H groups in total. The van der Waals surface area contributed by atoms with Crippen LogP contribution >= 0.6 is 0 Å². The number of carbonyl (C=O) groups is 1. The zero-order valence-electron chi connectivity index (χ0n) is 12.5. The Labute approximate surface area is 133 Å². The number of fused-ring (bicyclic) bond motifs is 1. The molecular weight excluding hydrogens is 290 g/mol. The molecule has 1 unspecified atom stereocenters. The van der Waals surface area contributed by atoms with Gasteiger partial charge in [-0.25, -0.2) is 9.97 Å². The first-order valence-corrected chi connectivity index (χ1v) is 7.72. The Morgan fingerprint density at radius 3 is 2.87 bits per heavy atom. The van der Waals surface area contributed by atoms with Crippen molar-refractivity contribution in [2.75, 3.05) is 18.4 Å². The molecule has 1 saturated heterocycles. The van der Waals surface area contributed by atoms with Gasteiger partial charge in [0.05, 0.1) is 10.9 Å². The summed E-state index contributed by atoms with van der Waals surface area (Å²) >= 11 is 0. The number of hydrogen-bond donors (Lipinski definition) is 3. The van der Waals surface area contributed by atoms with Crippen molar-refractivity contribution in [2.45, 2.75) is 12.5 Å². The van der Waals surface area contributed by atoms with E-state index in [1.165, 1.54) is 6.33 Å². The lowest BCUT2D eigenvalue weighted by atomic mass is 10.0. The Morgan fingerprint density at radius 1 is 1.22 bits per heavy atom. The predicted molar refractivity (Wildman–Crippen MR) is 88.7 cm³/mol. The molecule has 0 saturated carbocycles. The fourth-order valence-electron chi connectivity index (χ4n) is 2.97. The highest BCUT2D eigenvalue weighted by Gasteiger charge is 2.21. The van der Waals surface area contributed by atoms with Gasteiger partial charge in [0.1, 0.15) is 17.8 Å². The molecule has 1 fully saturated rings. The van der Waals surface area contributed by atoms with Gasteiger partial charge in [0, 0.05) is 24.3 Å². The molecule has 6 nitrogen and oxygen atoms in total. The van der Waals surface area contributed by atoms with E-state index in [0.29, 0.717) is 28.6 Å². The molecule has 23 heavy (non-hydrogen) atoms. The van der Waals surface area contributed by atoms with E-state index in [2.05, 4.69) is 25.6 Å². The number of carbonyl (C=O) groups excluding carboxylic acids is 1. The molecular formula is C17H17N5O. The summed E-state index contributed by atoms with van der Waals surface area (Å²) in [5, 5.41) is 7.51. The summed E-state index contributed by atoms with van der Waals surface area (Å²) in [6.07, 6.45) is 4.27. The van der Waals surface area contributed by atoms with Crippen molar-refractivity contribution in [3.63, 3.8) is 0 Å². The van der Waals surface area contributed by atoms with Crippen LogP contribution in [0.25, 0.3) is 11.0 Å².